The Morgan fingerprint density at radius 1 is 1.16 bits per heavy atom. The van der Waals surface area contributed by atoms with Crippen molar-refractivity contribution >= 4 is 63.1 Å². The molecule has 3 amide bonds. The van der Waals surface area contributed by atoms with Crippen molar-refractivity contribution in [3.63, 3.8) is 0 Å². The summed E-state index contributed by atoms with van der Waals surface area (Å²) in [4.78, 5) is 53.9. The molecule has 3 aromatic rings. The smallest absolute Gasteiger partial charge is 0.267 e. The second-order valence-electron chi connectivity index (χ2n) is 8.49. The van der Waals surface area contributed by atoms with Crippen LogP contribution in [-0.2, 0) is 9.59 Å². The van der Waals surface area contributed by atoms with E-state index < -0.39 is 0 Å². The van der Waals surface area contributed by atoms with Crippen LogP contribution in [0.1, 0.15) is 21.1 Å². The Kier molecular flexibility index (Phi) is 8.54. The van der Waals surface area contributed by atoms with Crippen molar-refractivity contribution in [1.29, 1.82) is 0 Å². The van der Waals surface area contributed by atoms with Gasteiger partial charge < -0.3 is 25.8 Å². The predicted octanol–water partition coefficient (Wildman–Crippen LogP) is 3.15. The fourth-order valence-corrected chi connectivity index (χ4v) is 4.81. The molecule has 1 aliphatic rings. The van der Waals surface area contributed by atoms with E-state index >= 15 is 0 Å². The summed E-state index contributed by atoms with van der Waals surface area (Å²) in [6.45, 7) is 9.16. The molecule has 1 saturated heterocycles. The summed E-state index contributed by atoms with van der Waals surface area (Å²) in [5, 5.41) is 9.49. The van der Waals surface area contributed by atoms with Crippen LogP contribution < -0.4 is 20.9 Å². The highest BCUT2D eigenvalue weighted by Gasteiger charge is 2.23. The Labute approximate surface area is 228 Å². The second kappa shape index (κ2) is 12.0. The van der Waals surface area contributed by atoms with Gasteiger partial charge in [0.2, 0.25) is 11.8 Å². The Bertz CT molecular complexity index is 1350. The summed E-state index contributed by atoms with van der Waals surface area (Å²) < 4.78 is 0. The molecule has 13 heteroatoms. The van der Waals surface area contributed by atoms with E-state index in [9.17, 15) is 14.4 Å². The van der Waals surface area contributed by atoms with Crippen molar-refractivity contribution in [2.45, 2.75) is 13.8 Å². The number of nitrogens with zero attached hydrogens (tertiary/aromatic N) is 5. The van der Waals surface area contributed by atoms with Crippen molar-refractivity contribution in [2.75, 3.05) is 48.3 Å². The van der Waals surface area contributed by atoms with E-state index in [2.05, 4.69) is 42.4 Å². The van der Waals surface area contributed by atoms with Crippen LogP contribution >= 0.6 is 22.9 Å². The van der Waals surface area contributed by atoms with E-state index in [1.807, 2.05) is 25.1 Å². The van der Waals surface area contributed by atoms with Gasteiger partial charge in [-0.2, -0.15) is 0 Å². The minimum Gasteiger partial charge on any atom is -0.353 e. The third-order valence-electron chi connectivity index (χ3n) is 5.80. The zero-order chi connectivity index (χ0) is 27.2. The van der Waals surface area contributed by atoms with Crippen molar-refractivity contribution in [2.24, 2.45) is 0 Å². The molecule has 0 bridgehead atoms. The lowest BCUT2D eigenvalue weighted by atomic mass is 10.2. The summed E-state index contributed by atoms with van der Waals surface area (Å²) in [6.07, 6.45) is 2.63. The van der Waals surface area contributed by atoms with E-state index in [-0.39, 0.29) is 24.3 Å². The van der Waals surface area contributed by atoms with Gasteiger partial charge in [0.15, 0.2) is 5.13 Å². The number of para-hydroxylation sites is 1. The van der Waals surface area contributed by atoms with Crippen molar-refractivity contribution in [3.8, 4) is 0 Å². The van der Waals surface area contributed by atoms with Gasteiger partial charge >= 0.3 is 0 Å². The number of carbonyl (C=O) groups excluding carboxylic acids is 3. The maximum Gasteiger partial charge on any atom is 0.267 e. The molecule has 2 aromatic heterocycles. The zero-order valence-electron chi connectivity index (χ0n) is 21.0. The molecule has 1 fully saturated rings. The van der Waals surface area contributed by atoms with Crippen molar-refractivity contribution < 1.29 is 14.4 Å². The number of benzene rings is 1. The number of nitrogens with one attached hydrogen (secondary N) is 3. The van der Waals surface area contributed by atoms with Crippen LogP contribution in [0.25, 0.3) is 0 Å². The molecule has 1 aromatic carbocycles. The molecule has 1 aliphatic heterocycles. The van der Waals surface area contributed by atoms with Gasteiger partial charge in [-0.25, -0.2) is 15.0 Å². The number of hydrogen-bond acceptors (Lipinski definition) is 9. The molecule has 0 atom stereocenters. The SMILES string of the molecule is C=CC(=O)NCC(=O)N1CCN(c2cc(Nc3ncc(C(=O)Nc4c(C)cccc4Cl)s3)nc(C)n2)CC1. The lowest BCUT2D eigenvalue weighted by Gasteiger charge is -2.35. The van der Waals surface area contributed by atoms with Gasteiger partial charge in [0.1, 0.15) is 22.3 Å². The number of piperazine rings is 1. The molecule has 0 saturated carbocycles. The number of rotatable bonds is 8. The standard InChI is InChI=1S/C25H27ClN8O3S/c1-4-21(35)27-14-22(36)34-10-8-33(9-11-34)20-12-19(29-16(3)30-20)31-25-28-13-18(38-25)24(37)32-23-15(2)6-5-7-17(23)26/h4-7,12-13H,1,8-11,14H2,2-3H3,(H,27,35)(H,32,37)(H,28,29,30,31). The molecule has 38 heavy (non-hydrogen) atoms. The summed E-state index contributed by atoms with van der Waals surface area (Å²) in [5.74, 6) is 1.01. The van der Waals surface area contributed by atoms with Gasteiger partial charge in [-0.3, -0.25) is 14.4 Å². The second-order valence-corrected chi connectivity index (χ2v) is 9.93. The highest BCUT2D eigenvalue weighted by Crippen LogP contribution is 2.28. The van der Waals surface area contributed by atoms with Gasteiger partial charge in [-0.15, -0.1) is 0 Å². The number of hydrogen-bond donors (Lipinski definition) is 3. The predicted molar refractivity (Wildman–Crippen MR) is 148 cm³/mol. The molecule has 3 heterocycles. The molecule has 0 radical (unpaired) electrons. The lowest BCUT2D eigenvalue weighted by Crippen LogP contribution is -2.51. The zero-order valence-corrected chi connectivity index (χ0v) is 22.5. The van der Waals surface area contributed by atoms with Gasteiger partial charge in [-0.05, 0) is 31.6 Å². The van der Waals surface area contributed by atoms with E-state index in [0.29, 0.717) is 58.5 Å². The Morgan fingerprint density at radius 3 is 2.63 bits per heavy atom. The lowest BCUT2D eigenvalue weighted by molar-refractivity contribution is -0.132. The van der Waals surface area contributed by atoms with E-state index in [1.54, 1.807) is 17.9 Å². The summed E-state index contributed by atoms with van der Waals surface area (Å²) in [7, 11) is 0. The third kappa shape index (κ3) is 6.64. The first-order valence-electron chi connectivity index (χ1n) is 11.8. The van der Waals surface area contributed by atoms with E-state index in [0.717, 1.165) is 17.5 Å². The number of aryl methyl sites for hydroxylation is 2. The normalized spacial score (nSPS) is 13.1. The molecule has 3 N–H and O–H groups in total. The van der Waals surface area contributed by atoms with Crippen LogP contribution in [-0.4, -0.2) is 70.3 Å². The number of halogens is 1. The minimum atomic E-state index is -0.378. The molecule has 11 nitrogen and oxygen atoms in total. The summed E-state index contributed by atoms with van der Waals surface area (Å²) in [5.41, 5.74) is 1.43. The number of thiazole rings is 1. The highest BCUT2D eigenvalue weighted by molar-refractivity contribution is 7.17. The first kappa shape index (κ1) is 27.0. The van der Waals surface area contributed by atoms with Crippen LogP contribution in [0.3, 0.4) is 0 Å². The fourth-order valence-electron chi connectivity index (χ4n) is 3.82. The molecule has 198 valence electrons. The van der Waals surface area contributed by atoms with E-state index in [4.69, 9.17) is 11.6 Å². The number of carbonyl (C=O) groups is 3. The molecule has 4 rings (SSSR count). The topological polar surface area (TPSA) is 132 Å². The van der Waals surface area contributed by atoms with Gasteiger partial charge in [-0.1, -0.05) is 41.6 Å². The summed E-state index contributed by atoms with van der Waals surface area (Å²) in [6, 6.07) is 7.23. The third-order valence-corrected chi connectivity index (χ3v) is 7.03. The quantitative estimate of drug-likeness (QED) is 0.362. The molecule has 0 unspecified atom stereocenters. The molecular weight excluding hydrogens is 528 g/mol. The largest absolute Gasteiger partial charge is 0.353 e. The fraction of sp³-hybridized carbons (Fsp3) is 0.280. The van der Waals surface area contributed by atoms with Gasteiger partial charge in [0.25, 0.3) is 5.91 Å². The molecule has 0 spiro atoms. The van der Waals surface area contributed by atoms with Gasteiger partial charge in [0.05, 0.1) is 23.5 Å². The first-order valence-corrected chi connectivity index (χ1v) is 13.0. The van der Waals surface area contributed by atoms with Crippen LogP contribution in [0.15, 0.2) is 43.1 Å². The minimum absolute atomic E-state index is 0.0582. The maximum absolute atomic E-state index is 12.8. The maximum atomic E-state index is 12.8. The van der Waals surface area contributed by atoms with Crippen LogP contribution in [0.4, 0.5) is 22.5 Å². The number of amides is 3. The number of aromatic nitrogens is 3. The van der Waals surface area contributed by atoms with Crippen molar-refractivity contribution in [1.82, 2.24) is 25.2 Å². The first-order chi connectivity index (χ1) is 18.2. The van der Waals surface area contributed by atoms with Crippen LogP contribution in [0.5, 0.6) is 0 Å². The van der Waals surface area contributed by atoms with Crippen LogP contribution in [0, 0.1) is 13.8 Å². The van der Waals surface area contributed by atoms with E-state index in [1.165, 1.54) is 17.5 Å². The van der Waals surface area contributed by atoms with Crippen molar-refractivity contribution in [3.05, 3.63) is 64.4 Å². The van der Waals surface area contributed by atoms with Crippen LogP contribution in [0.2, 0.25) is 5.02 Å². The van der Waals surface area contributed by atoms with Gasteiger partial charge in [0, 0.05) is 32.2 Å². The summed E-state index contributed by atoms with van der Waals surface area (Å²) >= 11 is 7.42. The Balaban J connectivity index is 1.37. The Morgan fingerprint density at radius 2 is 1.92 bits per heavy atom. The highest BCUT2D eigenvalue weighted by atomic mass is 35.5. The average Bonchev–Trinajstić information content (AvgIpc) is 3.37. The average molecular weight is 555 g/mol. The molecular formula is C25H27ClN8O3S. The number of anilines is 4. The Hall–Kier alpha value is -4.03. The molecule has 0 aliphatic carbocycles. The monoisotopic (exact) mass is 554 g/mol.